The second kappa shape index (κ2) is 14.4. The number of hydrogen-bond donors (Lipinski definition) is 3. The second-order valence-electron chi connectivity index (χ2n) is 8.01. The molecule has 0 aliphatic carbocycles. The van der Waals surface area contributed by atoms with Gasteiger partial charge in [0.1, 0.15) is 11.5 Å². The number of aromatic nitrogens is 3. The summed E-state index contributed by atoms with van der Waals surface area (Å²) < 4.78 is 15.6. The number of H-pyrrole nitrogens is 2. The average molecular weight is 515 g/mol. The first-order valence-electron chi connectivity index (χ1n) is 12.0. The molecule has 0 radical (unpaired) electrons. The van der Waals surface area contributed by atoms with Crippen molar-refractivity contribution in [3.05, 3.63) is 78.2 Å². The number of rotatable bonds is 7. The third kappa shape index (κ3) is 7.94. The van der Waals surface area contributed by atoms with Gasteiger partial charge in [-0.2, -0.15) is 0 Å². The molecule has 200 valence electrons. The quantitative estimate of drug-likeness (QED) is 0.339. The summed E-state index contributed by atoms with van der Waals surface area (Å²) in [5, 5.41) is 0.772. The summed E-state index contributed by atoms with van der Waals surface area (Å²) in [5.74, 6) is 0.387. The highest BCUT2D eigenvalue weighted by Gasteiger charge is 2.08. The molecule has 11 heteroatoms. The fraction of sp³-hybridized carbons (Fsp3) is 0.385. The van der Waals surface area contributed by atoms with E-state index in [0.717, 1.165) is 19.4 Å². The van der Waals surface area contributed by atoms with Crippen molar-refractivity contribution in [3.63, 3.8) is 0 Å². The number of fused-ring (bicyclic) bond motifs is 2. The van der Waals surface area contributed by atoms with Crippen molar-refractivity contribution < 1.29 is 13.9 Å². The molecule has 0 bridgehead atoms. The zero-order chi connectivity index (χ0) is 27.4. The molecule has 0 saturated heterocycles. The van der Waals surface area contributed by atoms with Gasteiger partial charge in [0.25, 0.3) is 5.56 Å². The maximum Gasteiger partial charge on any atom is 0.419 e. The van der Waals surface area contributed by atoms with Crippen molar-refractivity contribution in [1.29, 1.82) is 0 Å². The van der Waals surface area contributed by atoms with Gasteiger partial charge in [0.15, 0.2) is 0 Å². The number of benzene rings is 2. The Balaban J connectivity index is 0.000000225. The van der Waals surface area contributed by atoms with Gasteiger partial charge in [0.05, 0.1) is 36.0 Å². The normalized spacial score (nSPS) is 10.3. The van der Waals surface area contributed by atoms with E-state index in [-0.39, 0.29) is 11.2 Å². The Labute approximate surface area is 212 Å². The zero-order valence-corrected chi connectivity index (χ0v) is 21.6. The van der Waals surface area contributed by atoms with E-state index in [9.17, 15) is 19.2 Å². The Morgan fingerprint density at radius 2 is 1.41 bits per heavy atom. The Bertz CT molecular complexity index is 1530. The largest absolute Gasteiger partial charge is 0.497 e. The van der Waals surface area contributed by atoms with Gasteiger partial charge in [-0.3, -0.25) is 14.3 Å². The first-order chi connectivity index (χ1) is 17.8. The monoisotopic (exact) mass is 514 g/mol. The molecule has 2 aromatic carbocycles. The first kappa shape index (κ1) is 29.1. The van der Waals surface area contributed by atoms with Gasteiger partial charge in [-0.05, 0) is 55.8 Å². The number of nitrogens with two attached hydrogens (primary N) is 1. The Kier molecular flexibility index (Phi) is 11.4. The molecule has 11 nitrogen and oxygen atoms in total. The third-order valence-electron chi connectivity index (χ3n) is 5.35. The van der Waals surface area contributed by atoms with Crippen LogP contribution in [0, 0.1) is 0 Å². The molecule has 4 N–H and O–H groups in total. The number of unbranched alkanes of at least 4 members (excludes halogenated alkanes) is 2. The van der Waals surface area contributed by atoms with E-state index in [1.165, 1.54) is 30.6 Å². The molecule has 0 amide bonds. The molecule has 4 rings (SSSR count). The van der Waals surface area contributed by atoms with Crippen LogP contribution in [0.4, 0.5) is 0 Å². The van der Waals surface area contributed by atoms with Crippen LogP contribution in [-0.2, 0) is 6.54 Å². The van der Waals surface area contributed by atoms with Crippen LogP contribution in [-0.4, -0.2) is 35.3 Å². The standard InChI is InChI=1S/C13H16N2O3.C9H7NO4.C4H11N/c1-3-4-7-15-12(16)10-8-9(18-2)5-6-11(10)14-13(15)17;1-13-5-2-3-7-6(4-5)8(11)14-9(12)10-7;1-2-3-4-5/h5-6,8H,3-4,7H2,1-2H3,(H,14,17);2-4H,1H3,(H,10,12);2-5H2,1H3. The van der Waals surface area contributed by atoms with Crippen molar-refractivity contribution in [1.82, 2.24) is 14.5 Å². The molecule has 37 heavy (non-hydrogen) atoms. The summed E-state index contributed by atoms with van der Waals surface area (Å²) in [6, 6.07) is 9.80. The average Bonchev–Trinajstić information content (AvgIpc) is 2.89. The first-order valence-corrected chi connectivity index (χ1v) is 12.0. The van der Waals surface area contributed by atoms with E-state index >= 15 is 0 Å². The third-order valence-corrected chi connectivity index (χ3v) is 5.35. The van der Waals surface area contributed by atoms with Crippen LogP contribution in [0.25, 0.3) is 21.8 Å². The Hall–Kier alpha value is -4.12. The minimum atomic E-state index is -0.757. The van der Waals surface area contributed by atoms with Crippen LogP contribution < -0.4 is 37.8 Å². The van der Waals surface area contributed by atoms with Crippen LogP contribution >= 0.6 is 0 Å². The number of methoxy groups -OCH3 is 2. The van der Waals surface area contributed by atoms with Gasteiger partial charge < -0.3 is 24.6 Å². The van der Waals surface area contributed by atoms with E-state index < -0.39 is 11.4 Å². The molecule has 0 saturated carbocycles. The summed E-state index contributed by atoms with van der Waals surface area (Å²) in [6.45, 7) is 5.43. The van der Waals surface area contributed by atoms with E-state index in [2.05, 4.69) is 21.3 Å². The maximum absolute atomic E-state index is 12.2. The summed E-state index contributed by atoms with van der Waals surface area (Å²) in [7, 11) is 3.04. The van der Waals surface area contributed by atoms with Crippen LogP contribution in [0.5, 0.6) is 11.5 Å². The predicted octanol–water partition coefficient (Wildman–Crippen LogP) is 2.73. The topological polar surface area (TPSA) is 162 Å². The molecule has 0 unspecified atom stereocenters. The van der Waals surface area contributed by atoms with Crippen molar-refractivity contribution in [2.45, 2.75) is 46.1 Å². The molecular formula is C26H34N4O7. The maximum atomic E-state index is 12.2. The molecule has 0 atom stereocenters. The highest BCUT2D eigenvalue weighted by Crippen LogP contribution is 2.16. The van der Waals surface area contributed by atoms with Gasteiger partial charge in [-0.15, -0.1) is 0 Å². The van der Waals surface area contributed by atoms with E-state index in [0.29, 0.717) is 39.8 Å². The molecule has 2 heterocycles. The van der Waals surface area contributed by atoms with Crippen LogP contribution in [0.15, 0.2) is 60.0 Å². The van der Waals surface area contributed by atoms with Gasteiger partial charge in [0.2, 0.25) is 0 Å². The number of nitrogens with zero attached hydrogens (tertiary/aromatic N) is 1. The van der Waals surface area contributed by atoms with Crippen molar-refractivity contribution in [2.75, 3.05) is 20.8 Å². The van der Waals surface area contributed by atoms with Gasteiger partial charge in [-0.25, -0.2) is 14.4 Å². The summed E-state index contributed by atoms with van der Waals surface area (Å²) in [6.07, 6.45) is 4.12. The fourth-order valence-electron chi connectivity index (χ4n) is 3.28. The second-order valence-corrected chi connectivity index (χ2v) is 8.01. The van der Waals surface area contributed by atoms with Crippen LogP contribution in [0.2, 0.25) is 0 Å². The van der Waals surface area contributed by atoms with Crippen LogP contribution in [0.1, 0.15) is 39.5 Å². The molecular weight excluding hydrogens is 480 g/mol. The van der Waals surface area contributed by atoms with E-state index in [4.69, 9.17) is 15.2 Å². The minimum Gasteiger partial charge on any atom is -0.497 e. The van der Waals surface area contributed by atoms with Crippen molar-refractivity contribution in [2.24, 2.45) is 5.73 Å². The van der Waals surface area contributed by atoms with Gasteiger partial charge in [0, 0.05) is 6.54 Å². The lowest BCUT2D eigenvalue weighted by Crippen LogP contribution is -2.35. The summed E-state index contributed by atoms with van der Waals surface area (Å²) in [4.78, 5) is 51.1. The lowest BCUT2D eigenvalue weighted by molar-refractivity contribution is 0.414. The fourth-order valence-corrected chi connectivity index (χ4v) is 3.28. The SMILES string of the molecule is CCCCN.CCCCn1c(=O)[nH]c2ccc(OC)cc2c1=O.COc1ccc2[nH]c(=O)oc(=O)c2c1. The smallest absolute Gasteiger partial charge is 0.419 e. The van der Waals surface area contributed by atoms with Gasteiger partial charge >= 0.3 is 17.1 Å². The van der Waals surface area contributed by atoms with Crippen molar-refractivity contribution in [3.8, 4) is 11.5 Å². The molecule has 2 aromatic heterocycles. The molecule has 4 aromatic rings. The molecule has 0 aliphatic heterocycles. The molecule has 0 aliphatic rings. The highest BCUT2D eigenvalue weighted by molar-refractivity contribution is 5.79. The van der Waals surface area contributed by atoms with E-state index in [1.807, 2.05) is 6.92 Å². The lowest BCUT2D eigenvalue weighted by Gasteiger charge is -2.06. The minimum absolute atomic E-state index is 0.263. The molecule has 0 spiro atoms. The molecule has 0 fully saturated rings. The predicted molar refractivity (Wildman–Crippen MR) is 144 cm³/mol. The number of aromatic amines is 2. The summed E-state index contributed by atoms with van der Waals surface area (Å²) >= 11 is 0. The van der Waals surface area contributed by atoms with Gasteiger partial charge in [-0.1, -0.05) is 26.7 Å². The Morgan fingerprint density at radius 1 is 0.838 bits per heavy atom. The zero-order valence-electron chi connectivity index (χ0n) is 21.6. The number of hydrogen-bond acceptors (Lipinski definition) is 8. The summed E-state index contributed by atoms with van der Waals surface area (Å²) in [5.41, 5.74) is 4.83. The highest BCUT2D eigenvalue weighted by atomic mass is 16.5. The van der Waals surface area contributed by atoms with Crippen LogP contribution in [0.3, 0.4) is 0 Å². The Morgan fingerprint density at radius 3 is 1.92 bits per heavy atom. The lowest BCUT2D eigenvalue weighted by atomic mass is 10.2. The van der Waals surface area contributed by atoms with E-state index in [1.54, 1.807) is 37.4 Å². The number of nitrogens with one attached hydrogen (secondary N) is 2. The van der Waals surface area contributed by atoms with Crippen molar-refractivity contribution >= 4 is 21.8 Å². The number of ether oxygens (including phenoxy) is 2.